The smallest absolute Gasteiger partial charge is 0.251 e. The first-order valence-corrected chi connectivity index (χ1v) is 18.8. The Bertz CT molecular complexity index is 1760. The molecule has 0 saturated carbocycles. The number of hydrogen-bond acceptors (Lipinski definition) is 6. The average Bonchev–Trinajstić information content (AvgIpc) is 3.73. The predicted molar refractivity (Wildman–Crippen MR) is 205 cm³/mol. The lowest BCUT2D eigenvalue weighted by atomic mass is 9.65. The quantitative estimate of drug-likeness (QED) is 0.196. The van der Waals surface area contributed by atoms with Gasteiger partial charge in [0.2, 0.25) is 11.8 Å². The summed E-state index contributed by atoms with van der Waals surface area (Å²) in [5.74, 6) is -1.35. The van der Waals surface area contributed by atoms with Gasteiger partial charge in [0.25, 0.3) is 5.91 Å². The van der Waals surface area contributed by atoms with Crippen LogP contribution in [0.15, 0.2) is 98.1 Å². The van der Waals surface area contributed by atoms with Crippen molar-refractivity contribution >= 4 is 40.9 Å². The second-order valence-electron chi connectivity index (χ2n) is 14.0. The lowest BCUT2D eigenvalue weighted by molar-refractivity contribution is -0.141. The van der Waals surface area contributed by atoms with Gasteiger partial charge in [0, 0.05) is 29.7 Å². The van der Waals surface area contributed by atoms with E-state index in [2.05, 4.69) is 20.1 Å². The normalized spacial score (nSPS) is 25.3. The lowest BCUT2D eigenvalue weighted by Gasteiger charge is -2.42. The van der Waals surface area contributed by atoms with Crippen molar-refractivity contribution in [2.75, 3.05) is 36.1 Å². The highest BCUT2D eigenvalue weighted by atomic mass is 32.2. The fourth-order valence-corrected chi connectivity index (χ4v) is 11.3. The van der Waals surface area contributed by atoms with Crippen LogP contribution in [0.1, 0.15) is 37.0 Å². The molecule has 6 rings (SSSR count). The number of para-hydroxylation sites is 1. The fourth-order valence-electron chi connectivity index (χ4n) is 8.87. The van der Waals surface area contributed by atoms with Crippen molar-refractivity contribution in [3.63, 3.8) is 0 Å². The van der Waals surface area contributed by atoms with E-state index in [9.17, 15) is 9.90 Å². The number of fused-ring (bicyclic) bond motifs is 1. The molecule has 9 heteroatoms. The fraction of sp³-hybridized carbons (Fsp3) is 0.405. The number of amides is 3. The summed E-state index contributed by atoms with van der Waals surface area (Å²) in [6.45, 7) is 16.7. The Balaban J connectivity index is 1.47. The first-order chi connectivity index (χ1) is 24.6. The van der Waals surface area contributed by atoms with E-state index < -0.39 is 28.7 Å². The number of thioether (sulfide) groups is 1. The van der Waals surface area contributed by atoms with Gasteiger partial charge in [0.15, 0.2) is 0 Å². The lowest BCUT2D eigenvalue weighted by Crippen LogP contribution is -2.60. The molecule has 3 fully saturated rings. The Labute approximate surface area is 306 Å². The van der Waals surface area contributed by atoms with E-state index in [0.29, 0.717) is 30.9 Å². The van der Waals surface area contributed by atoms with Crippen molar-refractivity contribution in [3.8, 4) is 5.75 Å². The molecule has 3 heterocycles. The molecule has 1 spiro atoms. The summed E-state index contributed by atoms with van der Waals surface area (Å²) >= 11 is 1.64. The molecule has 8 nitrogen and oxygen atoms in total. The second-order valence-corrected chi connectivity index (χ2v) is 15.5. The van der Waals surface area contributed by atoms with Gasteiger partial charge >= 0.3 is 0 Å². The molecule has 3 aliphatic heterocycles. The van der Waals surface area contributed by atoms with Crippen LogP contribution in [0.2, 0.25) is 0 Å². The van der Waals surface area contributed by atoms with E-state index in [0.717, 1.165) is 22.4 Å². The molecular weight excluding hydrogens is 659 g/mol. The minimum Gasteiger partial charge on any atom is -0.494 e. The number of aryl methyl sites for hydroxylation is 2. The van der Waals surface area contributed by atoms with E-state index >= 15 is 9.59 Å². The first-order valence-electron chi connectivity index (χ1n) is 17.9. The highest BCUT2D eigenvalue weighted by Gasteiger charge is 2.77. The van der Waals surface area contributed by atoms with Crippen LogP contribution < -0.4 is 14.5 Å². The summed E-state index contributed by atoms with van der Waals surface area (Å²) < 4.78 is 4.77. The molecule has 3 amide bonds. The highest BCUT2D eigenvalue weighted by molar-refractivity contribution is 8.02. The van der Waals surface area contributed by atoms with Crippen molar-refractivity contribution in [2.24, 2.45) is 17.8 Å². The van der Waals surface area contributed by atoms with Crippen molar-refractivity contribution < 1.29 is 24.2 Å². The van der Waals surface area contributed by atoms with E-state index in [-0.39, 0.29) is 48.6 Å². The van der Waals surface area contributed by atoms with Gasteiger partial charge in [-0.25, -0.2) is 0 Å². The molecule has 0 aliphatic carbocycles. The molecule has 51 heavy (non-hydrogen) atoms. The number of hydrogen-bond donors (Lipinski definition) is 1. The molecular formula is C42H49N3O5S. The third kappa shape index (κ3) is 6.29. The van der Waals surface area contributed by atoms with Gasteiger partial charge in [0.1, 0.15) is 11.8 Å². The van der Waals surface area contributed by atoms with Crippen molar-refractivity contribution in [1.82, 2.24) is 4.90 Å². The number of benzene rings is 3. The second kappa shape index (κ2) is 15.1. The number of likely N-dealkylation sites (tertiary alicyclic amines) is 1. The zero-order valence-electron chi connectivity index (χ0n) is 30.0. The molecule has 3 unspecified atom stereocenters. The maximum Gasteiger partial charge on any atom is 0.251 e. The molecule has 1 N–H and O–H groups in total. The van der Waals surface area contributed by atoms with Crippen LogP contribution in [0, 0.1) is 31.6 Å². The third-order valence-electron chi connectivity index (χ3n) is 10.9. The molecule has 7 atom stereocenters. The summed E-state index contributed by atoms with van der Waals surface area (Å²) in [5, 5.41) is 10.9. The highest BCUT2D eigenvalue weighted by Crippen LogP contribution is 2.69. The number of carbonyl (C=O) groups is 3. The maximum absolute atomic E-state index is 15.4. The molecule has 0 aromatic heterocycles. The van der Waals surface area contributed by atoms with Gasteiger partial charge in [-0.2, -0.15) is 0 Å². The van der Waals surface area contributed by atoms with E-state index in [4.69, 9.17) is 4.74 Å². The van der Waals surface area contributed by atoms with Gasteiger partial charge in [0.05, 0.1) is 35.8 Å². The number of nitrogens with zero attached hydrogens (tertiary/aromatic N) is 3. The van der Waals surface area contributed by atoms with Crippen molar-refractivity contribution in [1.29, 1.82) is 0 Å². The van der Waals surface area contributed by atoms with Crippen LogP contribution in [0.3, 0.4) is 0 Å². The number of aliphatic hydroxyl groups excluding tert-OH is 1. The summed E-state index contributed by atoms with van der Waals surface area (Å²) in [7, 11) is 0. The molecule has 3 aliphatic rings. The van der Waals surface area contributed by atoms with Crippen LogP contribution in [-0.2, 0) is 20.8 Å². The van der Waals surface area contributed by atoms with Gasteiger partial charge in [-0.1, -0.05) is 67.6 Å². The first kappa shape index (κ1) is 36.5. The number of ether oxygens (including phenoxy) is 1. The molecule has 0 radical (unpaired) electrons. The zero-order chi connectivity index (χ0) is 36.4. The molecule has 3 aromatic carbocycles. The van der Waals surface area contributed by atoms with Crippen LogP contribution >= 0.6 is 11.8 Å². The zero-order valence-corrected chi connectivity index (χ0v) is 30.9. The Kier molecular flexibility index (Phi) is 10.8. The van der Waals surface area contributed by atoms with Gasteiger partial charge in [-0.05, 0) is 80.5 Å². The van der Waals surface area contributed by atoms with Crippen LogP contribution in [0.5, 0.6) is 5.75 Å². The topological polar surface area (TPSA) is 90.4 Å². The largest absolute Gasteiger partial charge is 0.494 e. The number of anilines is 2. The van der Waals surface area contributed by atoms with E-state index in [1.165, 1.54) is 0 Å². The Morgan fingerprint density at radius 3 is 2.24 bits per heavy atom. The monoisotopic (exact) mass is 707 g/mol. The van der Waals surface area contributed by atoms with Crippen LogP contribution in [0.4, 0.5) is 11.4 Å². The van der Waals surface area contributed by atoms with Gasteiger partial charge in [-0.3, -0.25) is 14.4 Å². The third-order valence-corrected chi connectivity index (χ3v) is 13.0. The van der Waals surface area contributed by atoms with Gasteiger partial charge in [-0.15, -0.1) is 24.9 Å². The van der Waals surface area contributed by atoms with Crippen molar-refractivity contribution in [3.05, 3.63) is 115 Å². The SMILES string of the molecule is C=CCN(C(=O)[C@@H]1[C@H]2C(=O)N([C@@H](CO)Cc3ccccc3)C(C(=O)N(CC=C)c3c(C)cccc3C)C23S[C@@H]1CC3C)c1ccc(OCC)cc1. The predicted octanol–water partition coefficient (Wildman–Crippen LogP) is 6.38. The Morgan fingerprint density at radius 2 is 1.63 bits per heavy atom. The summed E-state index contributed by atoms with van der Waals surface area (Å²) in [5.41, 5.74) is 4.32. The molecule has 3 aromatic rings. The summed E-state index contributed by atoms with van der Waals surface area (Å²) in [6.07, 6.45) is 4.48. The van der Waals surface area contributed by atoms with Crippen LogP contribution in [-0.4, -0.2) is 76.1 Å². The number of rotatable bonds is 14. The minimum atomic E-state index is -0.907. The number of aliphatic hydroxyl groups is 1. The molecule has 268 valence electrons. The Morgan fingerprint density at radius 1 is 0.980 bits per heavy atom. The maximum atomic E-state index is 15.4. The standard InChI is InChI=1S/C42H49N3O5S/c1-7-22-43(31-18-20-33(21-19-31)50-9-3)39(47)35-34-24-29(6)42(51-34)36(35)40(48)45(32(26-46)25-30-16-11-10-12-17-30)38(42)41(49)44(23-8-2)37-27(4)14-13-15-28(37)5/h7-8,10-21,29,32,34-36,38,46H,1-2,9,22-26H2,3-6H3/t29?,32-,34-,35+,36+,38?,42?/m1/s1. The molecule has 2 bridgehead atoms. The van der Waals surface area contributed by atoms with Gasteiger partial charge < -0.3 is 24.5 Å². The summed E-state index contributed by atoms with van der Waals surface area (Å²) in [6, 6.07) is 21.5. The van der Waals surface area contributed by atoms with Crippen LogP contribution in [0.25, 0.3) is 0 Å². The molecule has 3 saturated heterocycles. The van der Waals surface area contributed by atoms with E-state index in [1.807, 2.05) is 93.6 Å². The minimum absolute atomic E-state index is 0.0394. The Hall–Kier alpha value is -4.34. The summed E-state index contributed by atoms with van der Waals surface area (Å²) in [4.78, 5) is 50.7. The average molecular weight is 708 g/mol. The van der Waals surface area contributed by atoms with E-state index in [1.54, 1.807) is 38.6 Å². The van der Waals surface area contributed by atoms with Crippen molar-refractivity contribution in [2.45, 2.75) is 62.6 Å². The number of carbonyl (C=O) groups excluding carboxylic acids is 3.